The Balaban J connectivity index is 1.74. The highest BCUT2D eigenvalue weighted by atomic mass is 16.5. The number of amides is 2. The molecule has 1 aromatic carbocycles. The Morgan fingerprint density at radius 1 is 1.09 bits per heavy atom. The molecule has 0 aliphatic rings. The van der Waals surface area contributed by atoms with Crippen molar-refractivity contribution < 1.29 is 18.7 Å². The standard InChI is InChI=1S/C16H18N2O4/c1-21-14-7-3-2-5-12(14)8-9-17-15(19)16(20)18-11-13-6-4-10-22-13/h2-7,10H,8-9,11H2,1H3,(H,17,19)(H,18,20). The van der Waals surface area contributed by atoms with Crippen molar-refractivity contribution in [1.29, 1.82) is 0 Å². The number of rotatable bonds is 6. The lowest BCUT2D eigenvalue weighted by atomic mass is 10.1. The summed E-state index contributed by atoms with van der Waals surface area (Å²) in [5.74, 6) is 0.00655. The zero-order valence-corrected chi connectivity index (χ0v) is 12.3. The summed E-state index contributed by atoms with van der Waals surface area (Å²) >= 11 is 0. The number of furan rings is 1. The van der Waals surface area contributed by atoms with E-state index in [1.165, 1.54) is 6.26 Å². The number of carbonyl (C=O) groups is 2. The number of hydrogen-bond acceptors (Lipinski definition) is 4. The monoisotopic (exact) mass is 302 g/mol. The van der Waals surface area contributed by atoms with Gasteiger partial charge in [0.1, 0.15) is 11.5 Å². The maximum atomic E-state index is 11.7. The normalized spacial score (nSPS) is 10.0. The molecule has 22 heavy (non-hydrogen) atoms. The van der Waals surface area contributed by atoms with Gasteiger partial charge >= 0.3 is 11.8 Å². The van der Waals surface area contributed by atoms with Crippen LogP contribution in [0.3, 0.4) is 0 Å². The van der Waals surface area contributed by atoms with Gasteiger partial charge in [0.25, 0.3) is 0 Å². The van der Waals surface area contributed by atoms with Gasteiger partial charge in [-0.25, -0.2) is 0 Å². The third-order valence-electron chi connectivity index (χ3n) is 3.08. The van der Waals surface area contributed by atoms with E-state index < -0.39 is 11.8 Å². The minimum absolute atomic E-state index is 0.186. The average Bonchev–Trinajstić information content (AvgIpc) is 3.06. The predicted octanol–water partition coefficient (Wildman–Crippen LogP) is 1.26. The van der Waals surface area contributed by atoms with Crippen LogP contribution in [-0.4, -0.2) is 25.5 Å². The lowest BCUT2D eigenvalue weighted by molar-refractivity contribution is -0.139. The van der Waals surface area contributed by atoms with Crippen molar-refractivity contribution >= 4 is 11.8 Å². The molecule has 6 heteroatoms. The van der Waals surface area contributed by atoms with Crippen LogP contribution in [-0.2, 0) is 22.6 Å². The van der Waals surface area contributed by atoms with E-state index in [4.69, 9.17) is 9.15 Å². The first-order chi connectivity index (χ1) is 10.7. The highest BCUT2D eigenvalue weighted by Crippen LogP contribution is 2.17. The van der Waals surface area contributed by atoms with Crippen molar-refractivity contribution in [3.63, 3.8) is 0 Å². The van der Waals surface area contributed by atoms with Crippen molar-refractivity contribution in [2.24, 2.45) is 0 Å². The topological polar surface area (TPSA) is 80.6 Å². The molecular weight excluding hydrogens is 284 g/mol. The van der Waals surface area contributed by atoms with E-state index in [-0.39, 0.29) is 6.54 Å². The molecular formula is C16H18N2O4. The Bertz CT molecular complexity index is 623. The van der Waals surface area contributed by atoms with Crippen LogP contribution in [0, 0.1) is 0 Å². The van der Waals surface area contributed by atoms with Gasteiger partial charge in [0.15, 0.2) is 0 Å². The lowest BCUT2D eigenvalue weighted by Gasteiger charge is -2.09. The lowest BCUT2D eigenvalue weighted by Crippen LogP contribution is -2.40. The molecule has 2 amide bonds. The fourth-order valence-electron chi connectivity index (χ4n) is 1.96. The van der Waals surface area contributed by atoms with Gasteiger partial charge in [0, 0.05) is 6.54 Å². The van der Waals surface area contributed by atoms with Gasteiger partial charge in [-0.05, 0) is 30.2 Å². The third-order valence-corrected chi connectivity index (χ3v) is 3.08. The fourth-order valence-corrected chi connectivity index (χ4v) is 1.96. The predicted molar refractivity (Wildman–Crippen MR) is 80.3 cm³/mol. The van der Waals surface area contributed by atoms with Gasteiger partial charge < -0.3 is 19.8 Å². The van der Waals surface area contributed by atoms with Crippen LogP contribution < -0.4 is 15.4 Å². The molecule has 0 fully saturated rings. The summed E-state index contributed by atoms with van der Waals surface area (Å²) < 4.78 is 10.3. The van der Waals surface area contributed by atoms with Gasteiger partial charge in [0.2, 0.25) is 0 Å². The summed E-state index contributed by atoms with van der Waals surface area (Å²) in [7, 11) is 1.60. The minimum atomic E-state index is -0.684. The molecule has 2 N–H and O–H groups in total. The summed E-state index contributed by atoms with van der Waals surface area (Å²) in [6.45, 7) is 0.541. The van der Waals surface area contributed by atoms with E-state index in [0.29, 0.717) is 18.7 Å². The molecule has 0 unspecified atom stereocenters. The Kier molecular flexibility index (Phi) is 5.59. The number of hydrogen-bond donors (Lipinski definition) is 2. The van der Waals surface area contributed by atoms with Crippen LogP contribution in [0.4, 0.5) is 0 Å². The zero-order valence-electron chi connectivity index (χ0n) is 12.3. The highest BCUT2D eigenvalue weighted by molar-refractivity contribution is 6.35. The van der Waals surface area contributed by atoms with Gasteiger partial charge in [0.05, 0.1) is 19.9 Å². The smallest absolute Gasteiger partial charge is 0.309 e. The minimum Gasteiger partial charge on any atom is -0.496 e. The fraction of sp³-hybridized carbons (Fsp3) is 0.250. The summed E-state index contributed by atoms with van der Waals surface area (Å²) in [4.78, 5) is 23.3. The molecule has 116 valence electrons. The molecule has 0 radical (unpaired) electrons. The number of benzene rings is 1. The SMILES string of the molecule is COc1ccccc1CCNC(=O)C(=O)NCc1ccco1. The van der Waals surface area contributed by atoms with Crippen LogP contribution in [0.25, 0.3) is 0 Å². The van der Waals surface area contributed by atoms with Gasteiger partial charge in [-0.3, -0.25) is 9.59 Å². The third kappa shape index (κ3) is 4.37. The van der Waals surface area contributed by atoms with Crippen LogP contribution in [0.5, 0.6) is 5.75 Å². The highest BCUT2D eigenvalue weighted by Gasteiger charge is 2.13. The average molecular weight is 302 g/mol. The van der Waals surface area contributed by atoms with Crippen molar-refractivity contribution in [3.8, 4) is 5.75 Å². The Morgan fingerprint density at radius 2 is 1.86 bits per heavy atom. The molecule has 0 saturated heterocycles. The quantitative estimate of drug-likeness (QED) is 0.787. The number of carbonyl (C=O) groups excluding carboxylic acids is 2. The summed E-state index contributed by atoms with van der Waals surface area (Å²) in [5.41, 5.74) is 0.973. The summed E-state index contributed by atoms with van der Waals surface area (Å²) in [6.07, 6.45) is 2.09. The van der Waals surface area contributed by atoms with Crippen LogP contribution in [0.2, 0.25) is 0 Å². The Hall–Kier alpha value is -2.76. The molecule has 0 atom stereocenters. The van der Waals surface area contributed by atoms with Crippen LogP contribution in [0.15, 0.2) is 47.1 Å². The van der Waals surface area contributed by atoms with Crippen molar-refractivity contribution in [2.75, 3.05) is 13.7 Å². The molecule has 0 spiro atoms. The Morgan fingerprint density at radius 3 is 2.59 bits per heavy atom. The second kappa shape index (κ2) is 7.87. The van der Waals surface area contributed by atoms with Crippen LogP contribution in [0.1, 0.15) is 11.3 Å². The maximum Gasteiger partial charge on any atom is 0.309 e. The first-order valence-electron chi connectivity index (χ1n) is 6.91. The van der Waals surface area contributed by atoms with E-state index in [1.807, 2.05) is 24.3 Å². The Labute approximate surface area is 128 Å². The second-order valence-electron chi connectivity index (χ2n) is 4.58. The van der Waals surface area contributed by atoms with Crippen molar-refractivity contribution in [2.45, 2.75) is 13.0 Å². The first kappa shape index (κ1) is 15.6. The van der Waals surface area contributed by atoms with E-state index in [0.717, 1.165) is 11.3 Å². The molecule has 6 nitrogen and oxygen atoms in total. The zero-order chi connectivity index (χ0) is 15.8. The second-order valence-corrected chi connectivity index (χ2v) is 4.58. The summed E-state index contributed by atoms with van der Waals surface area (Å²) in [5, 5.41) is 5.06. The van der Waals surface area contributed by atoms with Gasteiger partial charge in [-0.1, -0.05) is 18.2 Å². The largest absolute Gasteiger partial charge is 0.496 e. The number of ether oxygens (including phenoxy) is 1. The number of para-hydroxylation sites is 1. The molecule has 1 heterocycles. The summed E-state index contributed by atoms with van der Waals surface area (Å²) in [6, 6.07) is 11.0. The van der Waals surface area contributed by atoms with Crippen LogP contribution >= 0.6 is 0 Å². The molecule has 0 saturated carbocycles. The number of methoxy groups -OCH3 is 1. The molecule has 0 bridgehead atoms. The van der Waals surface area contributed by atoms with Crippen molar-refractivity contribution in [1.82, 2.24) is 10.6 Å². The van der Waals surface area contributed by atoms with E-state index in [2.05, 4.69) is 10.6 Å². The van der Waals surface area contributed by atoms with E-state index in [9.17, 15) is 9.59 Å². The maximum absolute atomic E-state index is 11.7. The molecule has 0 aliphatic carbocycles. The molecule has 0 aliphatic heterocycles. The van der Waals surface area contributed by atoms with Gasteiger partial charge in [-0.2, -0.15) is 0 Å². The molecule has 1 aromatic heterocycles. The first-order valence-corrected chi connectivity index (χ1v) is 6.91. The molecule has 2 rings (SSSR count). The van der Waals surface area contributed by atoms with Gasteiger partial charge in [-0.15, -0.1) is 0 Å². The van der Waals surface area contributed by atoms with E-state index in [1.54, 1.807) is 19.2 Å². The van der Waals surface area contributed by atoms with E-state index >= 15 is 0 Å². The number of nitrogens with one attached hydrogen (secondary N) is 2. The van der Waals surface area contributed by atoms with Crippen molar-refractivity contribution in [3.05, 3.63) is 54.0 Å². The molecule has 2 aromatic rings.